The van der Waals surface area contributed by atoms with Crippen LogP contribution in [0.15, 0.2) is 47.4 Å². The molecule has 9 heteroatoms. The Morgan fingerprint density at radius 2 is 1.81 bits per heavy atom. The van der Waals surface area contributed by atoms with Crippen LogP contribution in [-0.4, -0.2) is 45.4 Å². The highest BCUT2D eigenvalue weighted by molar-refractivity contribution is 7.89. The first-order chi connectivity index (χ1) is 15.0. The van der Waals surface area contributed by atoms with Crippen LogP contribution in [-0.2, 0) is 14.8 Å². The second-order valence-electron chi connectivity index (χ2n) is 7.13. The number of ether oxygens (including phenoxy) is 2. The zero-order valence-corrected chi connectivity index (χ0v) is 18.2. The molecule has 0 aromatic heterocycles. The Morgan fingerprint density at radius 3 is 2.48 bits per heavy atom. The smallest absolute Gasteiger partial charge is 0.262 e. The number of carbonyl (C=O) groups is 1. The maximum atomic E-state index is 13.1. The van der Waals surface area contributed by atoms with Crippen molar-refractivity contribution in [3.05, 3.63) is 48.0 Å². The fraction of sp³-hybridized carbons (Fsp3) is 0.364. The van der Waals surface area contributed by atoms with Gasteiger partial charge in [0.05, 0.1) is 23.3 Å². The van der Waals surface area contributed by atoms with Crippen molar-refractivity contribution in [2.45, 2.75) is 30.6 Å². The summed E-state index contributed by atoms with van der Waals surface area (Å²) in [4.78, 5) is 12.5. The van der Waals surface area contributed by atoms with Gasteiger partial charge in [-0.3, -0.25) is 4.79 Å². The lowest BCUT2D eigenvalue weighted by molar-refractivity contribution is -0.118. The Labute approximate surface area is 182 Å². The largest absolute Gasteiger partial charge is 0.495 e. The molecule has 1 aliphatic rings. The van der Waals surface area contributed by atoms with Gasteiger partial charge in [-0.1, -0.05) is 25.0 Å². The lowest BCUT2D eigenvalue weighted by Crippen LogP contribution is -2.32. The Kier molecular flexibility index (Phi) is 7.50. The average molecular weight is 444 g/mol. The molecule has 1 amide bonds. The number of para-hydroxylation sites is 1. The lowest BCUT2D eigenvalue weighted by atomic mass is 10.2. The molecule has 8 nitrogen and oxygen atoms in total. The summed E-state index contributed by atoms with van der Waals surface area (Å²) < 4.78 is 38.4. The van der Waals surface area contributed by atoms with Crippen LogP contribution < -0.4 is 14.8 Å². The number of rotatable bonds is 7. The van der Waals surface area contributed by atoms with Gasteiger partial charge in [0.25, 0.3) is 5.91 Å². The van der Waals surface area contributed by atoms with Gasteiger partial charge in [0, 0.05) is 13.1 Å². The van der Waals surface area contributed by atoms with Crippen LogP contribution in [0, 0.1) is 11.3 Å². The Hall–Kier alpha value is -3.09. The van der Waals surface area contributed by atoms with Gasteiger partial charge in [-0.15, -0.1) is 0 Å². The van der Waals surface area contributed by atoms with Gasteiger partial charge in [0.15, 0.2) is 6.61 Å². The Morgan fingerprint density at radius 1 is 1.10 bits per heavy atom. The van der Waals surface area contributed by atoms with Crippen LogP contribution in [0.5, 0.6) is 11.5 Å². The van der Waals surface area contributed by atoms with Crippen LogP contribution in [0.2, 0.25) is 0 Å². The van der Waals surface area contributed by atoms with E-state index in [1.165, 1.54) is 29.6 Å². The number of sulfonamides is 1. The molecule has 1 aliphatic heterocycles. The molecule has 0 bridgehead atoms. The molecule has 3 rings (SSSR count). The molecular formula is C22H25N3O5S. The summed E-state index contributed by atoms with van der Waals surface area (Å²) in [6, 6.07) is 13.0. The summed E-state index contributed by atoms with van der Waals surface area (Å²) >= 11 is 0. The third-order valence-corrected chi connectivity index (χ3v) is 6.91. The maximum Gasteiger partial charge on any atom is 0.262 e. The molecule has 0 atom stereocenters. The van der Waals surface area contributed by atoms with E-state index in [1.807, 2.05) is 6.07 Å². The van der Waals surface area contributed by atoms with Gasteiger partial charge in [-0.25, -0.2) is 8.42 Å². The van der Waals surface area contributed by atoms with Crippen molar-refractivity contribution in [1.82, 2.24) is 4.31 Å². The second kappa shape index (κ2) is 10.3. The summed E-state index contributed by atoms with van der Waals surface area (Å²) in [6.07, 6.45) is 3.71. The average Bonchev–Trinajstić information content (AvgIpc) is 3.08. The van der Waals surface area contributed by atoms with E-state index in [0.29, 0.717) is 30.2 Å². The SMILES string of the molecule is COc1ccc(S(=O)(=O)N2CCCCCC2)cc1NC(=O)COc1ccccc1C#N. The maximum absolute atomic E-state index is 13.1. The second-order valence-corrected chi connectivity index (χ2v) is 9.06. The first kappa shape index (κ1) is 22.6. The number of methoxy groups -OCH3 is 1. The molecule has 164 valence electrons. The molecule has 1 fully saturated rings. The van der Waals surface area contributed by atoms with E-state index < -0.39 is 15.9 Å². The molecule has 1 saturated heterocycles. The molecule has 2 aromatic carbocycles. The van der Waals surface area contributed by atoms with Crippen molar-refractivity contribution >= 4 is 21.6 Å². The zero-order chi connectivity index (χ0) is 22.3. The first-order valence-corrected chi connectivity index (χ1v) is 11.5. The number of nitrogens with zero attached hydrogens (tertiary/aromatic N) is 2. The van der Waals surface area contributed by atoms with Crippen molar-refractivity contribution in [1.29, 1.82) is 5.26 Å². The molecule has 2 aromatic rings. The van der Waals surface area contributed by atoms with Gasteiger partial charge in [-0.2, -0.15) is 9.57 Å². The third-order valence-electron chi connectivity index (χ3n) is 5.01. The Balaban J connectivity index is 1.76. The number of benzene rings is 2. The summed E-state index contributed by atoms with van der Waals surface area (Å²) in [6.45, 7) is 0.634. The van der Waals surface area contributed by atoms with Gasteiger partial charge >= 0.3 is 0 Å². The van der Waals surface area contributed by atoms with Crippen molar-refractivity contribution in [2.24, 2.45) is 0 Å². The van der Waals surface area contributed by atoms with Crippen molar-refractivity contribution in [3.63, 3.8) is 0 Å². The van der Waals surface area contributed by atoms with Crippen molar-refractivity contribution < 1.29 is 22.7 Å². The summed E-state index contributed by atoms with van der Waals surface area (Å²) in [5.41, 5.74) is 0.555. The van der Waals surface area contributed by atoms with E-state index in [-0.39, 0.29) is 17.2 Å². The van der Waals surface area contributed by atoms with E-state index in [2.05, 4.69) is 5.32 Å². The topological polar surface area (TPSA) is 109 Å². The van der Waals surface area contributed by atoms with Gasteiger partial charge in [-0.05, 0) is 43.2 Å². The molecule has 1 N–H and O–H groups in total. The minimum Gasteiger partial charge on any atom is -0.495 e. The minimum absolute atomic E-state index is 0.0984. The Bertz CT molecular complexity index is 1070. The quantitative estimate of drug-likeness (QED) is 0.704. The van der Waals surface area contributed by atoms with Crippen molar-refractivity contribution in [2.75, 3.05) is 32.1 Å². The van der Waals surface area contributed by atoms with Crippen LogP contribution in [0.3, 0.4) is 0 Å². The molecule has 1 heterocycles. The molecule has 31 heavy (non-hydrogen) atoms. The van der Waals surface area contributed by atoms with Gasteiger partial charge in [0.1, 0.15) is 17.6 Å². The molecule has 0 saturated carbocycles. The predicted octanol–water partition coefficient (Wildman–Crippen LogP) is 3.15. The number of nitrogens with one attached hydrogen (secondary N) is 1. The highest BCUT2D eigenvalue weighted by Crippen LogP contribution is 2.30. The fourth-order valence-corrected chi connectivity index (χ4v) is 4.93. The predicted molar refractivity (Wildman–Crippen MR) is 116 cm³/mol. The minimum atomic E-state index is -3.67. The van der Waals surface area contributed by atoms with Crippen LogP contribution in [0.1, 0.15) is 31.2 Å². The normalized spacial score (nSPS) is 14.8. The summed E-state index contributed by atoms with van der Waals surface area (Å²) in [7, 11) is -2.24. The van der Waals surface area contributed by atoms with Gasteiger partial charge < -0.3 is 14.8 Å². The number of carbonyl (C=O) groups excluding carboxylic acids is 1. The third kappa shape index (κ3) is 5.54. The van der Waals surface area contributed by atoms with E-state index >= 15 is 0 Å². The molecule has 0 spiro atoms. The van der Waals surface area contributed by atoms with Gasteiger partial charge in [0.2, 0.25) is 10.0 Å². The number of nitriles is 1. The van der Waals surface area contributed by atoms with E-state index in [0.717, 1.165) is 25.7 Å². The summed E-state index contributed by atoms with van der Waals surface area (Å²) in [5.74, 6) is 0.126. The standard InChI is InChI=1S/C22H25N3O5S/c1-29-21-11-10-18(31(27,28)25-12-6-2-3-7-13-25)14-19(21)24-22(26)16-30-20-9-5-4-8-17(20)15-23/h4-5,8-11,14H,2-3,6-7,12-13,16H2,1H3,(H,24,26). The highest BCUT2D eigenvalue weighted by Gasteiger charge is 2.26. The fourth-order valence-electron chi connectivity index (χ4n) is 3.39. The highest BCUT2D eigenvalue weighted by atomic mass is 32.2. The number of anilines is 1. The molecular weight excluding hydrogens is 418 g/mol. The molecule has 0 aliphatic carbocycles. The molecule has 0 radical (unpaired) electrons. The summed E-state index contributed by atoms with van der Waals surface area (Å²) in [5, 5.41) is 11.8. The van der Waals surface area contributed by atoms with Crippen LogP contribution in [0.4, 0.5) is 5.69 Å². The van der Waals surface area contributed by atoms with Crippen LogP contribution in [0.25, 0.3) is 0 Å². The number of amides is 1. The van der Waals surface area contributed by atoms with Crippen LogP contribution >= 0.6 is 0 Å². The van der Waals surface area contributed by atoms with E-state index in [9.17, 15) is 13.2 Å². The van der Waals surface area contributed by atoms with Crippen molar-refractivity contribution in [3.8, 4) is 17.6 Å². The lowest BCUT2D eigenvalue weighted by Gasteiger charge is -2.21. The number of hydrogen-bond donors (Lipinski definition) is 1. The first-order valence-electron chi connectivity index (χ1n) is 10.1. The van der Waals surface area contributed by atoms with E-state index in [1.54, 1.807) is 24.3 Å². The number of hydrogen-bond acceptors (Lipinski definition) is 6. The van der Waals surface area contributed by atoms with E-state index in [4.69, 9.17) is 14.7 Å². The molecule has 0 unspecified atom stereocenters. The monoisotopic (exact) mass is 443 g/mol. The zero-order valence-electron chi connectivity index (χ0n) is 17.3.